The van der Waals surface area contributed by atoms with E-state index >= 15 is 0 Å². The summed E-state index contributed by atoms with van der Waals surface area (Å²) < 4.78 is 34.8. The fraction of sp³-hybridized carbons (Fsp3) is 0. The standard InChI is InChI=1S/C27H18N4O4S/c32-26-18-8-3-10-20(14-18)35-25-16-24(23-13-4-7-17-6-1-2-12-22(17)23)29-27(30-25)31-36(33,34)21-11-5-9-19(15-21)28-26/h1-16H,(H,28,32)(H,29,30,31). The first-order chi connectivity index (χ1) is 17.4. The molecule has 176 valence electrons. The number of nitrogens with zero attached hydrogens (tertiary/aromatic N) is 2. The summed E-state index contributed by atoms with van der Waals surface area (Å²) in [6.45, 7) is 0. The maximum atomic E-state index is 13.2. The normalized spacial score (nSPS) is 14.2. The molecule has 0 saturated heterocycles. The minimum absolute atomic E-state index is 0.0484. The van der Waals surface area contributed by atoms with Crippen molar-refractivity contribution >= 4 is 38.3 Å². The summed E-state index contributed by atoms with van der Waals surface area (Å²) in [4.78, 5) is 21.6. The van der Waals surface area contributed by atoms with Gasteiger partial charge in [0.15, 0.2) is 0 Å². The van der Waals surface area contributed by atoms with Crippen LogP contribution >= 0.6 is 0 Å². The first-order valence-corrected chi connectivity index (χ1v) is 12.5. The van der Waals surface area contributed by atoms with Gasteiger partial charge in [-0.3, -0.25) is 4.79 Å². The van der Waals surface area contributed by atoms with Crippen LogP contribution in [0.5, 0.6) is 11.6 Å². The largest absolute Gasteiger partial charge is 0.439 e. The molecule has 0 saturated carbocycles. The number of fused-ring (bicyclic) bond motifs is 7. The number of carbonyl (C=O) groups is 1. The van der Waals surface area contributed by atoms with Crippen LogP contribution in [0.2, 0.25) is 0 Å². The van der Waals surface area contributed by atoms with Gasteiger partial charge in [-0.05, 0) is 47.2 Å². The molecule has 6 bridgehead atoms. The Balaban J connectivity index is 1.56. The Labute approximate surface area is 206 Å². The molecule has 0 aliphatic carbocycles. The van der Waals surface area contributed by atoms with E-state index in [0.29, 0.717) is 22.7 Å². The van der Waals surface area contributed by atoms with Crippen LogP contribution in [0, 0.1) is 0 Å². The molecular formula is C27H18N4O4S. The van der Waals surface area contributed by atoms with Crippen LogP contribution in [-0.4, -0.2) is 24.3 Å². The number of hydrogen-bond acceptors (Lipinski definition) is 6. The van der Waals surface area contributed by atoms with E-state index in [-0.39, 0.29) is 16.7 Å². The second-order valence-corrected chi connectivity index (χ2v) is 9.84. The number of aromatic nitrogens is 2. The zero-order valence-corrected chi connectivity index (χ0v) is 19.5. The van der Waals surface area contributed by atoms with Crippen molar-refractivity contribution in [3.63, 3.8) is 0 Å². The van der Waals surface area contributed by atoms with E-state index in [2.05, 4.69) is 20.0 Å². The molecule has 0 spiro atoms. The van der Waals surface area contributed by atoms with Crippen LogP contribution in [0.15, 0.2) is 102 Å². The number of anilines is 2. The highest BCUT2D eigenvalue weighted by Gasteiger charge is 2.20. The summed E-state index contributed by atoms with van der Waals surface area (Å²) in [6.07, 6.45) is 0. The Morgan fingerprint density at radius 1 is 0.778 bits per heavy atom. The Hall–Kier alpha value is -4.76. The molecule has 8 nitrogen and oxygen atoms in total. The molecule has 36 heavy (non-hydrogen) atoms. The van der Waals surface area contributed by atoms with Crippen LogP contribution < -0.4 is 14.8 Å². The number of sulfonamides is 1. The highest BCUT2D eigenvalue weighted by atomic mass is 32.2. The molecule has 0 fully saturated rings. The van der Waals surface area contributed by atoms with Crippen molar-refractivity contribution in [1.82, 2.24) is 9.97 Å². The average Bonchev–Trinajstić information content (AvgIpc) is 2.88. The second kappa shape index (κ2) is 8.47. The highest BCUT2D eigenvalue weighted by Crippen LogP contribution is 2.32. The molecule has 2 heterocycles. The van der Waals surface area contributed by atoms with Crippen LogP contribution in [0.1, 0.15) is 10.4 Å². The highest BCUT2D eigenvalue weighted by molar-refractivity contribution is 7.92. The summed E-state index contributed by atoms with van der Waals surface area (Å²) in [5, 5.41) is 4.67. The van der Waals surface area contributed by atoms with Crippen LogP contribution in [0.25, 0.3) is 22.0 Å². The number of amides is 1. The van der Waals surface area contributed by atoms with E-state index in [9.17, 15) is 13.2 Å². The van der Waals surface area contributed by atoms with Crippen molar-refractivity contribution < 1.29 is 17.9 Å². The molecule has 0 radical (unpaired) electrons. The molecule has 4 aromatic carbocycles. The number of nitrogens with one attached hydrogen (secondary N) is 2. The Bertz CT molecular complexity index is 1760. The Morgan fingerprint density at radius 2 is 1.58 bits per heavy atom. The van der Waals surface area contributed by atoms with Crippen LogP contribution in [0.3, 0.4) is 0 Å². The van der Waals surface area contributed by atoms with Crippen LogP contribution in [-0.2, 0) is 10.0 Å². The topological polar surface area (TPSA) is 110 Å². The van der Waals surface area contributed by atoms with Gasteiger partial charge in [-0.2, -0.15) is 4.98 Å². The minimum Gasteiger partial charge on any atom is -0.439 e. The third-order valence-corrected chi connectivity index (χ3v) is 7.04. The van der Waals surface area contributed by atoms with Gasteiger partial charge in [0.2, 0.25) is 11.8 Å². The third-order valence-electron chi connectivity index (χ3n) is 5.71. The maximum Gasteiger partial charge on any atom is 0.264 e. The van der Waals surface area contributed by atoms with Gasteiger partial charge in [-0.15, -0.1) is 0 Å². The van der Waals surface area contributed by atoms with Gasteiger partial charge in [-0.1, -0.05) is 54.6 Å². The minimum atomic E-state index is -4.07. The van der Waals surface area contributed by atoms with E-state index < -0.39 is 15.9 Å². The van der Waals surface area contributed by atoms with E-state index in [1.54, 1.807) is 42.5 Å². The number of hydrogen-bond donors (Lipinski definition) is 2. The van der Waals surface area contributed by atoms with Gasteiger partial charge in [0.25, 0.3) is 15.9 Å². The first-order valence-electron chi connectivity index (χ1n) is 11.0. The second-order valence-electron chi connectivity index (χ2n) is 8.16. The first kappa shape index (κ1) is 21.8. The lowest BCUT2D eigenvalue weighted by Crippen LogP contribution is -2.17. The van der Waals surface area contributed by atoms with Crippen molar-refractivity contribution in [2.75, 3.05) is 10.0 Å². The molecule has 1 aliphatic rings. The Kier molecular flexibility index (Phi) is 5.12. The summed E-state index contributed by atoms with van der Waals surface area (Å²) in [5.41, 5.74) is 1.94. The fourth-order valence-electron chi connectivity index (χ4n) is 4.05. The van der Waals surface area contributed by atoms with Crippen molar-refractivity contribution in [3.8, 4) is 22.9 Å². The van der Waals surface area contributed by atoms with Gasteiger partial charge >= 0.3 is 0 Å². The maximum absolute atomic E-state index is 13.2. The molecule has 5 aromatic rings. The lowest BCUT2D eigenvalue weighted by molar-refractivity contribution is 0.102. The fourth-order valence-corrected chi connectivity index (χ4v) is 5.04. The molecule has 6 rings (SSSR count). The Morgan fingerprint density at radius 3 is 2.50 bits per heavy atom. The molecule has 2 N–H and O–H groups in total. The van der Waals surface area contributed by atoms with Gasteiger partial charge in [-0.25, -0.2) is 18.1 Å². The number of benzene rings is 4. The molecule has 0 unspecified atom stereocenters. The van der Waals surface area contributed by atoms with E-state index in [0.717, 1.165) is 16.3 Å². The predicted octanol–water partition coefficient (Wildman–Crippen LogP) is 5.46. The molecule has 1 aromatic heterocycles. The van der Waals surface area contributed by atoms with Crippen LogP contribution in [0.4, 0.5) is 11.6 Å². The van der Waals surface area contributed by atoms with Gasteiger partial charge in [0, 0.05) is 22.9 Å². The molecule has 0 atom stereocenters. The SMILES string of the molecule is O=C1Nc2cccc(c2)S(=O)(=O)Nc2nc(cc(-c3cccc4ccccc34)n2)Oc2cccc1c2. The van der Waals surface area contributed by atoms with Gasteiger partial charge in [0.05, 0.1) is 10.6 Å². The quantitative estimate of drug-likeness (QED) is 0.320. The smallest absolute Gasteiger partial charge is 0.264 e. The predicted molar refractivity (Wildman–Crippen MR) is 137 cm³/mol. The number of rotatable bonds is 1. The summed E-state index contributed by atoms with van der Waals surface area (Å²) >= 11 is 0. The van der Waals surface area contributed by atoms with Crippen molar-refractivity contribution in [3.05, 3.63) is 103 Å². The zero-order valence-electron chi connectivity index (χ0n) is 18.7. The lowest BCUT2D eigenvalue weighted by atomic mass is 10.0. The van der Waals surface area contributed by atoms with E-state index in [1.807, 2.05) is 42.5 Å². The summed E-state index contributed by atoms with van der Waals surface area (Å²) in [5.74, 6) is -0.0586. The molecular weight excluding hydrogens is 476 g/mol. The van der Waals surface area contributed by atoms with Crippen molar-refractivity contribution in [2.24, 2.45) is 0 Å². The molecule has 1 aliphatic heterocycles. The third kappa shape index (κ3) is 4.12. The lowest BCUT2D eigenvalue weighted by Gasteiger charge is -2.14. The monoisotopic (exact) mass is 494 g/mol. The van der Waals surface area contributed by atoms with E-state index in [1.165, 1.54) is 12.1 Å². The van der Waals surface area contributed by atoms with Crippen molar-refractivity contribution in [1.29, 1.82) is 0 Å². The average molecular weight is 495 g/mol. The van der Waals surface area contributed by atoms with Gasteiger partial charge < -0.3 is 10.1 Å². The number of ether oxygens (including phenoxy) is 1. The zero-order chi connectivity index (χ0) is 24.7. The van der Waals surface area contributed by atoms with Crippen molar-refractivity contribution in [2.45, 2.75) is 4.90 Å². The molecule has 9 heteroatoms. The van der Waals surface area contributed by atoms with Gasteiger partial charge in [0.1, 0.15) is 5.75 Å². The summed E-state index contributed by atoms with van der Waals surface area (Å²) in [6, 6.07) is 27.8. The van der Waals surface area contributed by atoms with E-state index in [4.69, 9.17) is 4.74 Å². The summed E-state index contributed by atoms with van der Waals surface area (Å²) in [7, 11) is -4.07. The number of carbonyl (C=O) groups excluding carboxylic acids is 1. The molecule has 1 amide bonds.